The lowest BCUT2D eigenvalue weighted by Crippen LogP contribution is -2.26. The maximum Gasteiger partial charge on any atom is 0.137 e. The van der Waals surface area contributed by atoms with Gasteiger partial charge in [-0.05, 0) is 0 Å². The lowest BCUT2D eigenvalue weighted by atomic mass is 10.0. The first-order valence-electron chi connectivity index (χ1n) is 3.31. The van der Waals surface area contributed by atoms with Gasteiger partial charge in [0.1, 0.15) is 12.1 Å². The second-order valence-corrected chi connectivity index (χ2v) is 2.63. The van der Waals surface area contributed by atoms with Gasteiger partial charge in [0.2, 0.25) is 0 Å². The molecule has 3 heteroatoms. The molecule has 0 spiro atoms. The molecule has 0 radical (unpaired) electrons. The van der Waals surface area contributed by atoms with Gasteiger partial charge in [-0.2, -0.15) is 0 Å². The first-order chi connectivity index (χ1) is 4.57. The number of hydrogen-bond acceptors (Lipinski definition) is 3. The number of aldehydes is 1. The molecule has 0 aliphatic rings. The number of rotatable bonds is 4. The van der Waals surface area contributed by atoms with Crippen molar-refractivity contribution in [3.05, 3.63) is 0 Å². The summed E-state index contributed by atoms with van der Waals surface area (Å²) in [6.45, 7) is 3.58. The highest BCUT2D eigenvalue weighted by Gasteiger charge is 2.11. The van der Waals surface area contributed by atoms with Crippen molar-refractivity contribution < 1.29 is 9.59 Å². The maximum atomic E-state index is 10.9. The molecule has 0 saturated heterocycles. The monoisotopic (exact) mass is 143 g/mol. The minimum atomic E-state index is -0.616. The van der Waals surface area contributed by atoms with Crippen LogP contribution in [-0.2, 0) is 9.59 Å². The molecule has 2 N–H and O–H groups in total. The van der Waals surface area contributed by atoms with Crippen LogP contribution in [0, 0.1) is 5.92 Å². The van der Waals surface area contributed by atoms with Crippen molar-refractivity contribution >= 4 is 12.1 Å². The van der Waals surface area contributed by atoms with Crippen molar-refractivity contribution in [2.45, 2.75) is 26.3 Å². The molecule has 58 valence electrons. The first kappa shape index (κ1) is 9.30. The quantitative estimate of drug-likeness (QED) is 0.569. The third-order valence-corrected chi connectivity index (χ3v) is 1.26. The van der Waals surface area contributed by atoms with Crippen LogP contribution in [0.5, 0.6) is 0 Å². The summed E-state index contributed by atoms with van der Waals surface area (Å²) in [6, 6.07) is -0.616. The fourth-order valence-corrected chi connectivity index (χ4v) is 0.516. The van der Waals surface area contributed by atoms with Gasteiger partial charge in [-0.25, -0.2) is 0 Å². The second-order valence-electron chi connectivity index (χ2n) is 2.63. The number of carbonyl (C=O) groups is 2. The molecule has 10 heavy (non-hydrogen) atoms. The fraction of sp³-hybridized carbons (Fsp3) is 0.714. The molecular formula is C7H13NO2. The molecule has 0 saturated carbocycles. The van der Waals surface area contributed by atoms with Crippen molar-refractivity contribution in [1.29, 1.82) is 0 Å². The number of Topliss-reactive ketones (excluding diaryl/α,β-unsaturated/α-hetero) is 1. The summed E-state index contributed by atoms with van der Waals surface area (Å²) in [5, 5.41) is 0. The lowest BCUT2D eigenvalue weighted by Gasteiger charge is -2.04. The Hall–Kier alpha value is -0.700. The normalized spacial score (nSPS) is 13.2. The highest BCUT2D eigenvalue weighted by atomic mass is 16.1. The zero-order valence-electron chi connectivity index (χ0n) is 6.33. The Morgan fingerprint density at radius 3 is 2.40 bits per heavy atom. The minimum Gasteiger partial charge on any atom is -0.321 e. The van der Waals surface area contributed by atoms with Crippen molar-refractivity contribution in [2.75, 3.05) is 0 Å². The lowest BCUT2D eigenvalue weighted by molar-refractivity contribution is -0.123. The van der Waals surface area contributed by atoms with Crippen LogP contribution in [-0.4, -0.2) is 18.1 Å². The summed E-state index contributed by atoms with van der Waals surface area (Å²) >= 11 is 0. The van der Waals surface area contributed by atoms with Crippen molar-refractivity contribution in [3.8, 4) is 0 Å². The summed E-state index contributed by atoms with van der Waals surface area (Å²) in [7, 11) is 0. The predicted octanol–water partition coefficient (Wildman–Crippen LogP) is 0.128. The average molecular weight is 143 g/mol. The van der Waals surface area contributed by atoms with E-state index in [1.807, 2.05) is 0 Å². The number of nitrogens with two attached hydrogens (primary N) is 1. The van der Waals surface area contributed by atoms with Gasteiger partial charge in [-0.1, -0.05) is 13.8 Å². The molecule has 0 bridgehead atoms. The van der Waals surface area contributed by atoms with E-state index >= 15 is 0 Å². The van der Waals surface area contributed by atoms with E-state index in [9.17, 15) is 9.59 Å². The van der Waals surface area contributed by atoms with Crippen LogP contribution < -0.4 is 5.73 Å². The van der Waals surface area contributed by atoms with Crippen LogP contribution in [0.25, 0.3) is 0 Å². The Kier molecular flexibility index (Phi) is 3.88. The highest BCUT2D eigenvalue weighted by molar-refractivity contribution is 5.83. The molecule has 0 amide bonds. The summed E-state index contributed by atoms with van der Waals surface area (Å²) < 4.78 is 0. The SMILES string of the molecule is CC(C)C(=O)CC(N)C=O. The summed E-state index contributed by atoms with van der Waals surface area (Å²) in [4.78, 5) is 20.9. The molecule has 0 aliphatic heterocycles. The molecule has 1 unspecified atom stereocenters. The molecule has 1 atom stereocenters. The Balaban J connectivity index is 3.68. The van der Waals surface area contributed by atoms with E-state index in [4.69, 9.17) is 5.73 Å². The fourth-order valence-electron chi connectivity index (χ4n) is 0.516. The molecule has 3 nitrogen and oxygen atoms in total. The van der Waals surface area contributed by atoms with Crippen molar-refractivity contribution in [1.82, 2.24) is 0 Å². The van der Waals surface area contributed by atoms with Gasteiger partial charge in [0, 0.05) is 12.3 Å². The third-order valence-electron chi connectivity index (χ3n) is 1.26. The molecule has 0 aromatic heterocycles. The topological polar surface area (TPSA) is 60.2 Å². The van der Waals surface area contributed by atoms with Crippen LogP contribution in [0.4, 0.5) is 0 Å². The zero-order valence-corrected chi connectivity index (χ0v) is 6.33. The summed E-state index contributed by atoms with van der Waals surface area (Å²) in [5.74, 6) is 0.0191. The van der Waals surface area contributed by atoms with Crippen LogP contribution >= 0.6 is 0 Å². The minimum absolute atomic E-state index is 0.0222. The highest BCUT2D eigenvalue weighted by Crippen LogP contribution is 1.99. The van der Waals surface area contributed by atoms with Gasteiger partial charge in [0.05, 0.1) is 6.04 Å². The molecule has 0 rings (SSSR count). The van der Waals surface area contributed by atoms with Crippen LogP contribution in [0.2, 0.25) is 0 Å². The van der Waals surface area contributed by atoms with Crippen molar-refractivity contribution in [2.24, 2.45) is 11.7 Å². The van der Waals surface area contributed by atoms with Gasteiger partial charge in [-0.3, -0.25) is 4.79 Å². The van der Waals surface area contributed by atoms with Gasteiger partial charge >= 0.3 is 0 Å². The summed E-state index contributed by atoms with van der Waals surface area (Å²) in [6.07, 6.45) is 0.765. The number of ketones is 1. The second kappa shape index (κ2) is 4.17. The predicted molar refractivity (Wildman–Crippen MR) is 38.5 cm³/mol. The van der Waals surface area contributed by atoms with Crippen LogP contribution in [0.1, 0.15) is 20.3 Å². The standard InChI is InChI=1S/C7H13NO2/c1-5(2)7(10)3-6(8)4-9/h4-6H,3,8H2,1-2H3. The Morgan fingerprint density at radius 1 is 1.60 bits per heavy atom. The zero-order chi connectivity index (χ0) is 8.15. The average Bonchev–Trinajstić information content (AvgIpc) is 1.87. The molecule has 0 heterocycles. The molecular weight excluding hydrogens is 130 g/mol. The maximum absolute atomic E-state index is 10.9. The van der Waals surface area contributed by atoms with Crippen LogP contribution in [0.3, 0.4) is 0 Å². The molecule has 0 fully saturated rings. The van der Waals surface area contributed by atoms with E-state index < -0.39 is 6.04 Å². The van der Waals surface area contributed by atoms with E-state index in [1.165, 1.54) is 0 Å². The molecule has 0 aliphatic carbocycles. The number of carbonyl (C=O) groups excluding carboxylic acids is 2. The Morgan fingerprint density at radius 2 is 2.10 bits per heavy atom. The third kappa shape index (κ3) is 3.35. The van der Waals surface area contributed by atoms with E-state index in [-0.39, 0.29) is 18.1 Å². The smallest absolute Gasteiger partial charge is 0.137 e. The largest absolute Gasteiger partial charge is 0.321 e. The Labute approximate surface area is 60.6 Å². The molecule has 0 aromatic rings. The summed E-state index contributed by atoms with van der Waals surface area (Å²) in [5.41, 5.74) is 5.22. The first-order valence-corrected chi connectivity index (χ1v) is 3.31. The van der Waals surface area contributed by atoms with Gasteiger partial charge in [0.25, 0.3) is 0 Å². The molecule has 0 aromatic carbocycles. The van der Waals surface area contributed by atoms with Gasteiger partial charge < -0.3 is 10.5 Å². The van der Waals surface area contributed by atoms with E-state index in [2.05, 4.69) is 0 Å². The Bertz CT molecular complexity index is 132. The van der Waals surface area contributed by atoms with E-state index in [1.54, 1.807) is 13.8 Å². The van der Waals surface area contributed by atoms with E-state index in [0.717, 1.165) is 0 Å². The van der Waals surface area contributed by atoms with Crippen LogP contribution in [0.15, 0.2) is 0 Å². The number of hydrogen-bond donors (Lipinski definition) is 1. The van der Waals surface area contributed by atoms with E-state index in [0.29, 0.717) is 6.29 Å². The van der Waals surface area contributed by atoms with Crippen molar-refractivity contribution in [3.63, 3.8) is 0 Å². The van der Waals surface area contributed by atoms with Gasteiger partial charge in [-0.15, -0.1) is 0 Å². The van der Waals surface area contributed by atoms with Gasteiger partial charge in [0.15, 0.2) is 0 Å².